The molecule has 0 saturated heterocycles. The number of aromatic nitrogens is 3. The summed E-state index contributed by atoms with van der Waals surface area (Å²) in [6.45, 7) is 1.33. The molecule has 0 unspecified atom stereocenters. The number of nitrogens with one attached hydrogen (secondary N) is 2. The van der Waals surface area contributed by atoms with Crippen LogP contribution in [0.15, 0.2) is 71.0 Å². The Bertz CT molecular complexity index is 1620. The molecule has 0 fully saturated rings. The minimum Gasteiger partial charge on any atom is -0.382 e. The summed E-state index contributed by atoms with van der Waals surface area (Å²) in [6, 6.07) is 14.8. The van der Waals surface area contributed by atoms with E-state index in [0.717, 1.165) is 0 Å². The molecule has 1 aliphatic rings. The first-order valence-corrected chi connectivity index (χ1v) is 11.2. The Kier molecular flexibility index (Phi) is 5.94. The Balaban J connectivity index is 1.59. The van der Waals surface area contributed by atoms with E-state index in [2.05, 4.69) is 35.8 Å². The van der Waals surface area contributed by atoms with Crippen LogP contribution in [0.5, 0.6) is 0 Å². The number of nitrogen functional groups attached to an aromatic ring is 1. The zero-order chi connectivity index (χ0) is 26.1. The maximum Gasteiger partial charge on any atom is 0.221 e. The zero-order valence-electron chi connectivity index (χ0n) is 19.8. The first kappa shape index (κ1) is 23.4. The van der Waals surface area contributed by atoms with Crippen molar-refractivity contribution in [2.75, 3.05) is 23.4 Å². The van der Waals surface area contributed by atoms with Gasteiger partial charge in [0.25, 0.3) is 0 Å². The maximum absolute atomic E-state index is 13.6. The van der Waals surface area contributed by atoms with Gasteiger partial charge < -0.3 is 16.4 Å². The van der Waals surface area contributed by atoms with E-state index in [-0.39, 0.29) is 56.8 Å². The van der Waals surface area contributed by atoms with Gasteiger partial charge in [-0.2, -0.15) is 0 Å². The fourth-order valence-corrected chi connectivity index (χ4v) is 4.06. The van der Waals surface area contributed by atoms with Crippen molar-refractivity contribution in [2.24, 2.45) is 10.2 Å². The van der Waals surface area contributed by atoms with Gasteiger partial charge in [0.15, 0.2) is 34.7 Å². The van der Waals surface area contributed by atoms with Gasteiger partial charge >= 0.3 is 0 Å². The summed E-state index contributed by atoms with van der Waals surface area (Å²) in [5.41, 5.74) is 7.87. The number of hydrogen-bond acceptors (Lipinski definition) is 10. The monoisotopic (exact) mass is 492 g/mol. The number of nitrogens with zero attached hydrogens (tertiary/aromatic N) is 5. The third-order valence-corrected chi connectivity index (χ3v) is 5.66. The van der Waals surface area contributed by atoms with Crippen molar-refractivity contribution in [3.05, 3.63) is 83.0 Å². The SMILES string of the molecule is CNc1nc(-c2ccccn2)nc(N)c1/N=N/c1cccc2c1C(=O)c1c(NC(C)=O)cccc1C2=O. The van der Waals surface area contributed by atoms with E-state index in [0.29, 0.717) is 17.3 Å². The second kappa shape index (κ2) is 9.38. The molecule has 2 aromatic heterocycles. The summed E-state index contributed by atoms with van der Waals surface area (Å²) in [6.07, 6.45) is 1.62. The zero-order valence-corrected chi connectivity index (χ0v) is 19.8. The predicted octanol–water partition coefficient (Wildman–Crippen LogP) is 4.31. The van der Waals surface area contributed by atoms with Gasteiger partial charge in [-0.3, -0.25) is 19.4 Å². The lowest BCUT2D eigenvalue weighted by atomic mass is 9.82. The number of amides is 1. The van der Waals surface area contributed by atoms with Gasteiger partial charge in [-0.15, -0.1) is 10.2 Å². The van der Waals surface area contributed by atoms with Crippen LogP contribution in [-0.4, -0.2) is 39.5 Å². The molecule has 182 valence electrons. The Labute approximate surface area is 210 Å². The molecule has 0 atom stereocenters. The molecule has 11 heteroatoms. The number of azo groups is 1. The Hall–Kier alpha value is -5.32. The number of hydrogen-bond donors (Lipinski definition) is 3. The summed E-state index contributed by atoms with van der Waals surface area (Å²) in [7, 11) is 1.65. The van der Waals surface area contributed by atoms with E-state index in [1.807, 2.05) is 0 Å². The molecule has 1 amide bonds. The van der Waals surface area contributed by atoms with Crippen LogP contribution in [0.1, 0.15) is 38.8 Å². The van der Waals surface area contributed by atoms with Crippen LogP contribution in [0.3, 0.4) is 0 Å². The molecule has 11 nitrogen and oxygen atoms in total. The number of rotatable bonds is 5. The number of pyridine rings is 1. The summed E-state index contributed by atoms with van der Waals surface area (Å²) < 4.78 is 0. The van der Waals surface area contributed by atoms with Crippen molar-refractivity contribution in [3.8, 4) is 11.5 Å². The van der Waals surface area contributed by atoms with Crippen molar-refractivity contribution in [1.29, 1.82) is 0 Å². The fourth-order valence-electron chi connectivity index (χ4n) is 4.06. The first-order valence-electron chi connectivity index (χ1n) is 11.2. The van der Waals surface area contributed by atoms with Crippen LogP contribution in [-0.2, 0) is 4.79 Å². The van der Waals surface area contributed by atoms with Gasteiger partial charge in [0.05, 0.1) is 22.5 Å². The average Bonchev–Trinajstić information content (AvgIpc) is 2.90. The number of ketones is 2. The summed E-state index contributed by atoms with van der Waals surface area (Å²) in [5, 5.41) is 14.0. The van der Waals surface area contributed by atoms with Crippen LogP contribution < -0.4 is 16.4 Å². The van der Waals surface area contributed by atoms with Gasteiger partial charge in [0.2, 0.25) is 5.91 Å². The lowest BCUT2D eigenvalue weighted by Crippen LogP contribution is -2.23. The second-order valence-electron chi connectivity index (χ2n) is 8.06. The highest BCUT2D eigenvalue weighted by Crippen LogP contribution is 2.38. The molecule has 2 heterocycles. The third kappa shape index (κ3) is 4.18. The quantitative estimate of drug-likeness (QED) is 0.305. The van der Waals surface area contributed by atoms with E-state index in [1.54, 1.807) is 67.8 Å². The van der Waals surface area contributed by atoms with Crippen molar-refractivity contribution in [1.82, 2.24) is 15.0 Å². The molecule has 4 N–H and O–H groups in total. The van der Waals surface area contributed by atoms with Gasteiger partial charge in [0.1, 0.15) is 5.69 Å². The standard InChI is InChI=1S/C26H20N8O3/c1-13(35)30-16-10-5-7-14-19(16)23(37)20-15(22(14)36)8-6-11-17(20)33-34-21-24(27)31-25(32-26(21)28-2)18-9-3-4-12-29-18/h3-12H,1-2H3,(H,30,35)(H3,27,28,31,32)/b34-33+. The van der Waals surface area contributed by atoms with Crippen LogP contribution in [0, 0.1) is 0 Å². The molecule has 1 aliphatic carbocycles. The average molecular weight is 492 g/mol. The van der Waals surface area contributed by atoms with E-state index < -0.39 is 5.78 Å². The van der Waals surface area contributed by atoms with Gasteiger partial charge in [-0.05, 0) is 24.3 Å². The number of benzene rings is 2. The lowest BCUT2D eigenvalue weighted by molar-refractivity contribution is -0.114. The Morgan fingerprint density at radius 2 is 1.65 bits per heavy atom. The molecule has 0 spiro atoms. The summed E-state index contributed by atoms with van der Waals surface area (Å²) in [4.78, 5) is 51.5. The van der Waals surface area contributed by atoms with Gasteiger partial charge in [-0.1, -0.05) is 30.3 Å². The Morgan fingerprint density at radius 1 is 0.892 bits per heavy atom. The molecule has 37 heavy (non-hydrogen) atoms. The van der Waals surface area contributed by atoms with Crippen LogP contribution in [0.2, 0.25) is 0 Å². The molecule has 0 bridgehead atoms. The minimum absolute atomic E-state index is 0.0502. The van der Waals surface area contributed by atoms with Crippen molar-refractivity contribution in [2.45, 2.75) is 6.92 Å². The van der Waals surface area contributed by atoms with Crippen molar-refractivity contribution in [3.63, 3.8) is 0 Å². The first-order chi connectivity index (χ1) is 17.9. The van der Waals surface area contributed by atoms with E-state index in [4.69, 9.17) is 5.73 Å². The third-order valence-electron chi connectivity index (χ3n) is 5.66. The summed E-state index contributed by atoms with van der Waals surface area (Å²) >= 11 is 0. The second-order valence-corrected chi connectivity index (χ2v) is 8.06. The Morgan fingerprint density at radius 3 is 2.35 bits per heavy atom. The smallest absolute Gasteiger partial charge is 0.221 e. The molecule has 0 radical (unpaired) electrons. The maximum atomic E-state index is 13.6. The molecule has 0 saturated carbocycles. The van der Waals surface area contributed by atoms with Crippen molar-refractivity contribution >= 4 is 46.2 Å². The predicted molar refractivity (Wildman–Crippen MR) is 137 cm³/mol. The fraction of sp³-hybridized carbons (Fsp3) is 0.0769. The number of carbonyl (C=O) groups is 3. The van der Waals surface area contributed by atoms with Gasteiger partial charge in [0, 0.05) is 31.3 Å². The molecular formula is C26H20N8O3. The highest BCUT2D eigenvalue weighted by atomic mass is 16.2. The van der Waals surface area contributed by atoms with E-state index >= 15 is 0 Å². The van der Waals surface area contributed by atoms with E-state index in [9.17, 15) is 14.4 Å². The highest BCUT2D eigenvalue weighted by Gasteiger charge is 2.34. The minimum atomic E-state index is -0.452. The molecule has 2 aromatic carbocycles. The lowest BCUT2D eigenvalue weighted by Gasteiger charge is -2.21. The molecule has 5 rings (SSSR count). The van der Waals surface area contributed by atoms with E-state index in [1.165, 1.54) is 6.92 Å². The highest BCUT2D eigenvalue weighted by molar-refractivity contribution is 6.32. The number of anilines is 3. The topological polar surface area (TPSA) is 165 Å². The summed E-state index contributed by atoms with van der Waals surface area (Å²) in [5.74, 6) is -0.506. The van der Waals surface area contributed by atoms with Crippen LogP contribution in [0.4, 0.5) is 28.7 Å². The number of nitrogens with two attached hydrogens (primary N) is 1. The molecular weight excluding hydrogens is 472 g/mol. The largest absolute Gasteiger partial charge is 0.382 e. The van der Waals surface area contributed by atoms with Crippen LogP contribution >= 0.6 is 0 Å². The number of fused-ring (bicyclic) bond motifs is 2. The van der Waals surface area contributed by atoms with Crippen LogP contribution in [0.25, 0.3) is 11.5 Å². The van der Waals surface area contributed by atoms with Crippen molar-refractivity contribution < 1.29 is 14.4 Å². The molecule has 0 aliphatic heterocycles. The normalized spacial score (nSPS) is 12.3. The van der Waals surface area contributed by atoms with Gasteiger partial charge in [-0.25, -0.2) is 9.97 Å². The molecule has 4 aromatic rings. The number of carbonyl (C=O) groups excluding carboxylic acids is 3.